The van der Waals surface area contributed by atoms with Crippen molar-refractivity contribution in [2.45, 2.75) is 26.7 Å². The van der Waals surface area contributed by atoms with Gasteiger partial charge >= 0.3 is 0 Å². The van der Waals surface area contributed by atoms with Crippen LogP contribution in [0.5, 0.6) is 0 Å². The maximum absolute atomic E-state index is 13.4. The molecule has 0 spiro atoms. The number of hydrogen-bond acceptors (Lipinski definition) is 1. The monoisotopic (exact) mass is 319 g/mol. The predicted octanol–water partition coefficient (Wildman–Crippen LogP) is 4.31. The van der Waals surface area contributed by atoms with Gasteiger partial charge in [-0.2, -0.15) is 0 Å². The van der Waals surface area contributed by atoms with Crippen molar-refractivity contribution >= 4 is 11.6 Å². The molecule has 0 atom stereocenters. The molecule has 0 bridgehead atoms. The number of carbonyl (C=O) groups excluding carboxylic acids is 1. The number of fused-ring (bicyclic) bond motifs is 1. The van der Waals surface area contributed by atoms with E-state index >= 15 is 0 Å². The Kier molecular flexibility index (Phi) is 3.88. The molecule has 0 N–H and O–H groups in total. The second kappa shape index (κ2) is 5.72. The van der Waals surface area contributed by atoms with Crippen molar-refractivity contribution in [3.8, 4) is 0 Å². The summed E-state index contributed by atoms with van der Waals surface area (Å²) in [5.41, 5.74) is 3.75. The Labute approximate surface area is 132 Å². The summed E-state index contributed by atoms with van der Waals surface area (Å²) < 4.78 is 39.9. The largest absolute Gasteiger partial charge is 0.308 e. The second-order valence-electron chi connectivity index (χ2n) is 5.89. The van der Waals surface area contributed by atoms with E-state index in [1.54, 1.807) is 0 Å². The van der Waals surface area contributed by atoms with Crippen LogP contribution in [0.4, 0.5) is 18.9 Å². The van der Waals surface area contributed by atoms with Crippen LogP contribution >= 0.6 is 0 Å². The summed E-state index contributed by atoms with van der Waals surface area (Å²) in [4.78, 5) is 14.2. The number of rotatable bonds is 1. The summed E-state index contributed by atoms with van der Waals surface area (Å²) in [5, 5.41) is 0. The van der Waals surface area contributed by atoms with E-state index in [0.29, 0.717) is 6.54 Å². The number of amides is 1. The number of aryl methyl sites for hydroxylation is 2. The van der Waals surface area contributed by atoms with E-state index in [2.05, 4.69) is 0 Å². The molecule has 2 nitrogen and oxygen atoms in total. The third-order valence-corrected chi connectivity index (χ3v) is 4.17. The zero-order chi connectivity index (χ0) is 16.7. The molecule has 1 heterocycles. The molecule has 23 heavy (non-hydrogen) atoms. The minimum absolute atomic E-state index is 0.187. The van der Waals surface area contributed by atoms with Crippen LogP contribution in [0.15, 0.2) is 24.3 Å². The van der Waals surface area contributed by atoms with Crippen LogP contribution in [-0.4, -0.2) is 12.5 Å². The van der Waals surface area contributed by atoms with Crippen molar-refractivity contribution in [2.75, 3.05) is 11.4 Å². The lowest BCUT2D eigenvalue weighted by Gasteiger charge is -2.31. The smallest absolute Gasteiger partial charge is 0.258 e. The Balaban J connectivity index is 2.06. The topological polar surface area (TPSA) is 20.3 Å². The van der Waals surface area contributed by atoms with Gasteiger partial charge < -0.3 is 4.90 Å². The van der Waals surface area contributed by atoms with E-state index in [1.165, 1.54) is 4.90 Å². The molecule has 5 heteroatoms. The molecule has 0 aromatic heterocycles. The fraction of sp³-hybridized carbons (Fsp3) is 0.278. The normalized spacial score (nSPS) is 13.9. The predicted molar refractivity (Wildman–Crippen MR) is 82.2 cm³/mol. The third kappa shape index (κ3) is 2.71. The van der Waals surface area contributed by atoms with Gasteiger partial charge in [-0.1, -0.05) is 6.07 Å². The van der Waals surface area contributed by atoms with Crippen LogP contribution in [0.25, 0.3) is 0 Å². The van der Waals surface area contributed by atoms with Crippen LogP contribution in [-0.2, 0) is 6.42 Å². The molecule has 1 amide bonds. The first-order chi connectivity index (χ1) is 10.9. The minimum atomic E-state index is -1.56. The number of halogens is 3. The van der Waals surface area contributed by atoms with E-state index < -0.39 is 23.4 Å². The van der Waals surface area contributed by atoms with Gasteiger partial charge in [-0.05, 0) is 61.6 Å². The quantitative estimate of drug-likeness (QED) is 0.717. The van der Waals surface area contributed by atoms with E-state index in [-0.39, 0.29) is 5.56 Å². The van der Waals surface area contributed by atoms with E-state index in [4.69, 9.17) is 0 Å². The lowest BCUT2D eigenvalue weighted by molar-refractivity contribution is 0.0984. The highest BCUT2D eigenvalue weighted by molar-refractivity contribution is 6.07. The summed E-state index contributed by atoms with van der Waals surface area (Å²) in [7, 11) is 0. The van der Waals surface area contributed by atoms with Gasteiger partial charge in [-0.15, -0.1) is 0 Å². The van der Waals surface area contributed by atoms with Gasteiger partial charge in [-0.25, -0.2) is 13.2 Å². The Morgan fingerprint density at radius 2 is 1.70 bits per heavy atom. The second-order valence-corrected chi connectivity index (χ2v) is 5.89. The van der Waals surface area contributed by atoms with Gasteiger partial charge in [0.15, 0.2) is 17.5 Å². The van der Waals surface area contributed by atoms with Gasteiger partial charge in [0.25, 0.3) is 5.91 Å². The molecule has 2 aromatic rings. The molecule has 0 fully saturated rings. The average molecular weight is 319 g/mol. The molecule has 0 radical (unpaired) electrons. The molecule has 2 aromatic carbocycles. The van der Waals surface area contributed by atoms with Crippen LogP contribution in [0, 0.1) is 31.3 Å². The molecule has 0 saturated heterocycles. The van der Waals surface area contributed by atoms with Crippen LogP contribution < -0.4 is 4.90 Å². The number of hydrogen-bond donors (Lipinski definition) is 0. The van der Waals surface area contributed by atoms with Gasteiger partial charge in [-0.3, -0.25) is 4.79 Å². The molecule has 3 rings (SSSR count). The molecule has 120 valence electrons. The Hall–Kier alpha value is -2.30. The number of nitrogens with zero attached hydrogens (tertiary/aromatic N) is 1. The highest BCUT2D eigenvalue weighted by atomic mass is 19.2. The highest BCUT2D eigenvalue weighted by Crippen LogP contribution is 2.32. The van der Waals surface area contributed by atoms with Gasteiger partial charge in [0, 0.05) is 17.8 Å². The average Bonchev–Trinajstić information content (AvgIpc) is 2.51. The maximum atomic E-state index is 13.4. The number of anilines is 1. The molecule has 1 aliphatic rings. The van der Waals surface area contributed by atoms with Gasteiger partial charge in [0.1, 0.15) is 0 Å². The first kappa shape index (κ1) is 15.6. The molecule has 0 aliphatic carbocycles. The molecular weight excluding hydrogens is 303 g/mol. The minimum Gasteiger partial charge on any atom is -0.308 e. The van der Waals surface area contributed by atoms with E-state index in [0.717, 1.165) is 47.4 Å². The Morgan fingerprint density at radius 3 is 2.35 bits per heavy atom. The summed E-state index contributed by atoms with van der Waals surface area (Å²) in [5.74, 6) is -4.79. The highest BCUT2D eigenvalue weighted by Gasteiger charge is 2.26. The lowest BCUT2D eigenvalue weighted by Crippen LogP contribution is -2.36. The van der Waals surface area contributed by atoms with Gasteiger partial charge in [0.2, 0.25) is 0 Å². The van der Waals surface area contributed by atoms with Crippen molar-refractivity contribution in [3.05, 3.63) is 64.0 Å². The summed E-state index contributed by atoms with van der Waals surface area (Å²) in [6.07, 6.45) is 1.63. The molecule has 0 saturated carbocycles. The zero-order valence-electron chi connectivity index (χ0n) is 12.9. The first-order valence-electron chi connectivity index (χ1n) is 7.45. The van der Waals surface area contributed by atoms with Crippen molar-refractivity contribution in [2.24, 2.45) is 0 Å². The van der Waals surface area contributed by atoms with Crippen molar-refractivity contribution < 1.29 is 18.0 Å². The lowest BCUT2D eigenvalue weighted by atomic mass is 9.94. The zero-order valence-corrected chi connectivity index (χ0v) is 12.9. The van der Waals surface area contributed by atoms with Crippen LogP contribution in [0.1, 0.15) is 33.5 Å². The van der Waals surface area contributed by atoms with Crippen molar-refractivity contribution in [1.29, 1.82) is 0 Å². The van der Waals surface area contributed by atoms with E-state index in [1.807, 2.05) is 26.0 Å². The van der Waals surface area contributed by atoms with Crippen molar-refractivity contribution in [1.82, 2.24) is 0 Å². The fourth-order valence-corrected chi connectivity index (χ4v) is 3.12. The molecule has 0 unspecified atom stereocenters. The summed E-state index contributed by atoms with van der Waals surface area (Å²) in [6.45, 7) is 4.38. The van der Waals surface area contributed by atoms with Crippen molar-refractivity contribution in [3.63, 3.8) is 0 Å². The van der Waals surface area contributed by atoms with E-state index in [9.17, 15) is 18.0 Å². The molecular formula is C18H16F3NO. The number of benzene rings is 2. The summed E-state index contributed by atoms with van der Waals surface area (Å²) in [6, 6.07) is 5.44. The SMILES string of the molecule is Cc1cc(C)c2c(c1)N(C(=O)c1cc(F)c(F)c(F)c1)CCC2. The Bertz CT molecular complexity index is 778. The molecule has 1 aliphatic heterocycles. The fourth-order valence-electron chi connectivity index (χ4n) is 3.12. The van der Waals surface area contributed by atoms with Gasteiger partial charge in [0.05, 0.1) is 0 Å². The first-order valence-corrected chi connectivity index (χ1v) is 7.45. The number of carbonyl (C=O) groups is 1. The maximum Gasteiger partial charge on any atom is 0.258 e. The Morgan fingerprint density at radius 1 is 1.04 bits per heavy atom. The third-order valence-electron chi connectivity index (χ3n) is 4.17. The van der Waals surface area contributed by atoms with Crippen LogP contribution in [0.3, 0.4) is 0 Å². The summed E-state index contributed by atoms with van der Waals surface area (Å²) >= 11 is 0. The standard InChI is InChI=1S/C18H16F3NO/c1-10-6-11(2)13-4-3-5-22(16(13)7-10)18(23)12-8-14(19)17(21)15(20)9-12/h6-9H,3-5H2,1-2H3. The van der Waals surface area contributed by atoms with Crippen LogP contribution in [0.2, 0.25) is 0 Å².